The van der Waals surface area contributed by atoms with Gasteiger partial charge in [0.15, 0.2) is 0 Å². The minimum absolute atomic E-state index is 0.0136. The average Bonchev–Trinajstić information content (AvgIpc) is 2.57. The van der Waals surface area contributed by atoms with Gasteiger partial charge in [0.2, 0.25) is 15.9 Å². The van der Waals surface area contributed by atoms with Crippen LogP contribution in [-0.2, 0) is 16.2 Å². The van der Waals surface area contributed by atoms with Crippen LogP contribution in [0.25, 0.3) is 0 Å². The molecule has 0 atom stereocenters. The molecule has 2 heterocycles. The number of hydrogen-bond acceptors (Lipinski definition) is 5. The molecule has 146 valence electrons. The van der Waals surface area contributed by atoms with Crippen molar-refractivity contribution in [1.82, 2.24) is 9.29 Å². The van der Waals surface area contributed by atoms with E-state index in [2.05, 4.69) is 4.98 Å². The van der Waals surface area contributed by atoms with Crippen molar-refractivity contribution in [3.8, 4) is 11.6 Å². The summed E-state index contributed by atoms with van der Waals surface area (Å²) in [5, 5.41) is 0. The molecule has 0 aliphatic carbocycles. The third kappa shape index (κ3) is 3.98. The standard InChI is InChI=1S/C16H14F4N2O4S/c1-25-13-3-2-11(17)7-14(13)27(23,24)22-8-12(9-22)26-15-6-10(4-5-21-15)16(18,19)20/h2-7,12H,8-9H2,1H3. The number of nitrogens with zero attached hydrogens (tertiary/aromatic N) is 2. The Morgan fingerprint density at radius 3 is 2.52 bits per heavy atom. The van der Waals surface area contributed by atoms with Crippen LogP contribution in [0.4, 0.5) is 17.6 Å². The van der Waals surface area contributed by atoms with Gasteiger partial charge in [0.05, 0.1) is 25.8 Å². The molecule has 6 nitrogen and oxygen atoms in total. The highest BCUT2D eigenvalue weighted by molar-refractivity contribution is 7.89. The molecule has 27 heavy (non-hydrogen) atoms. The van der Waals surface area contributed by atoms with Crippen LogP contribution in [-0.4, -0.2) is 44.0 Å². The predicted molar refractivity (Wildman–Crippen MR) is 85.4 cm³/mol. The van der Waals surface area contributed by atoms with Gasteiger partial charge >= 0.3 is 6.18 Å². The molecular formula is C16H14F4N2O4S. The van der Waals surface area contributed by atoms with Crippen LogP contribution >= 0.6 is 0 Å². The van der Waals surface area contributed by atoms with E-state index in [0.29, 0.717) is 0 Å². The minimum atomic E-state index is -4.54. The second-order valence-corrected chi connectivity index (χ2v) is 7.64. The first-order valence-electron chi connectivity index (χ1n) is 7.65. The second-order valence-electron chi connectivity index (χ2n) is 5.74. The van der Waals surface area contributed by atoms with Gasteiger partial charge in [-0.2, -0.15) is 17.5 Å². The fourth-order valence-electron chi connectivity index (χ4n) is 2.48. The van der Waals surface area contributed by atoms with Gasteiger partial charge in [-0.25, -0.2) is 17.8 Å². The second kappa shape index (κ2) is 6.97. The van der Waals surface area contributed by atoms with Crippen LogP contribution < -0.4 is 9.47 Å². The first-order chi connectivity index (χ1) is 12.6. The predicted octanol–water partition coefficient (Wildman–Crippen LogP) is 2.70. The summed E-state index contributed by atoms with van der Waals surface area (Å²) >= 11 is 0. The molecule has 0 spiro atoms. The smallest absolute Gasteiger partial charge is 0.416 e. The van der Waals surface area contributed by atoms with E-state index in [4.69, 9.17) is 9.47 Å². The Labute approximate surface area is 152 Å². The molecule has 1 saturated heterocycles. The fraction of sp³-hybridized carbons (Fsp3) is 0.312. The monoisotopic (exact) mass is 406 g/mol. The maximum atomic E-state index is 13.4. The summed E-state index contributed by atoms with van der Waals surface area (Å²) in [6.45, 7) is -0.222. The number of pyridine rings is 1. The van der Waals surface area contributed by atoms with Gasteiger partial charge in [0.25, 0.3) is 0 Å². The third-order valence-electron chi connectivity index (χ3n) is 3.91. The molecule has 1 aromatic carbocycles. The van der Waals surface area contributed by atoms with Gasteiger partial charge in [0, 0.05) is 12.3 Å². The molecule has 2 aromatic rings. The Morgan fingerprint density at radius 2 is 1.89 bits per heavy atom. The van der Waals surface area contributed by atoms with Crippen LogP contribution in [0.1, 0.15) is 5.56 Å². The Balaban J connectivity index is 1.70. The number of sulfonamides is 1. The molecule has 3 rings (SSSR count). The molecule has 0 amide bonds. The van der Waals surface area contributed by atoms with E-state index in [-0.39, 0.29) is 29.6 Å². The Hall–Kier alpha value is -2.40. The quantitative estimate of drug-likeness (QED) is 0.715. The minimum Gasteiger partial charge on any atom is -0.495 e. The molecule has 0 bridgehead atoms. The Bertz CT molecular complexity index is 944. The Morgan fingerprint density at radius 1 is 1.19 bits per heavy atom. The largest absolute Gasteiger partial charge is 0.495 e. The summed E-state index contributed by atoms with van der Waals surface area (Å²) in [5.74, 6) is -1.01. The number of aromatic nitrogens is 1. The van der Waals surface area contributed by atoms with Gasteiger partial charge < -0.3 is 9.47 Å². The van der Waals surface area contributed by atoms with Crippen LogP contribution in [0.15, 0.2) is 41.4 Å². The van der Waals surface area contributed by atoms with E-state index < -0.39 is 33.7 Å². The van der Waals surface area contributed by atoms with E-state index in [9.17, 15) is 26.0 Å². The number of alkyl halides is 3. The Kier molecular flexibility index (Phi) is 5.00. The van der Waals surface area contributed by atoms with Gasteiger partial charge in [-0.05, 0) is 24.3 Å². The lowest BCUT2D eigenvalue weighted by Gasteiger charge is -2.37. The zero-order valence-electron chi connectivity index (χ0n) is 13.9. The van der Waals surface area contributed by atoms with Crippen molar-refractivity contribution in [2.75, 3.05) is 20.2 Å². The van der Waals surface area contributed by atoms with Gasteiger partial charge in [-0.1, -0.05) is 0 Å². The first kappa shape index (κ1) is 19.4. The van der Waals surface area contributed by atoms with Crippen molar-refractivity contribution in [3.63, 3.8) is 0 Å². The van der Waals surface area contributed by atoms with Crippen molar-refractivity contribution in [3.05, 3.63) is 47.9 Å². The van der Waals surface area contributed by atoms with Crippen molar-refractivity contribution < 1.29 is 35.5 Å². The lowest BCUT2D eigenvalue weighted by atomic mass is 10.2. The summed E-state index contributed by atoms with van der Waals surface area (Å²) in [7, 11) is -2.78. The summed E-state index contributed by atoms with van der Waals surface area (Å²) in [6.07, 6.45) is -4.25. The number of rotatable bonds is 5. The molecule has 0 N–H and O–H groups in total. The zero-order valence-corrected chi connectivity index (χ0v) is 14.7. The van der Waals surface area contributed by atoms with Crippen molar-refractivity contribution in [2.45, 2.75) is 17.2 Å². The molecule has 0 radical (unpaired) electrons. The highest BCUT2D eigenvalue weighted by atomic mass is 32.2. The number of methoxy groups -OCH3 is 1. The maximum Gasteiger partial charge on any atom is 0.416 e. The lowest BCUT2D eigenvalue weighted by molar-refractivity contribution is -0.137. The number of hydrogen-bond donors (Lipinski definition) is 0. The summed E-state index contributed by atoms with van der Waals surface area (Å²) < 4.78 is 88.0. The molecule has 1 fully saturated rings. The number of ether oxygens (including phenoxy) is 2. The maximum absolute atomic E-state index is 13.4. The molecule has 1 aliphatic rings. The molecule has 0 saturated carbocycles. The first-order valence-corrected chi connectivity index (χ1v) is 9.09. The molecule has 11 heteroatoms. The van der Waals surface area contributed by atoms with Crippen LogP contribution in [0.5, 0.6) is 11.6 Å². The van der Waals surface area contributed by atoms with Gasteiger partial charge in [-0.15, -0.1) is 0 Å². The van der Waals surface area contributed by atoms with Crippen molar-refractivity contribution in [2.24, 2.45) is 0 Å². The zero-order chi connectivity index (χ0) is 19.8. The van der Waals surface area contributed by atoms with Gasteiger partial charge in [0.1, 0.15) is 22.6 Å². The van der Waals surface area contributed by atoms with Gasteiger partial charge in [-0.3, -0.25) is 0 Å². The van der Waals surface area contributed by atoms with E-state index in [1.54, 1.807) is 0 Å². The van der Waals surface area contributed by atoms with E-state index in [1.165, 1.54) is 13.2 Å². The lowest BCUT2D eigenvalue weighted by Crippen LogP contribution is -2.56. The summed E-state index contributed by atoms with van der Waals surface area (Å²) in [6, 6.07) is 4.66. The van der Waals surface area contributed by atoms with E-state index in [1.807, 2.05) is 0 Å². The fourth-order valence-corrected chi connectivity index (χ4v) is 4.15. The molecule has 0 unspecified atom stereocenters. The van der Waals surface area contributed by atoms with E-state index in [0.717, 1.165) is 34.8 Å². The molecule has 1 aromatic heterocycles. The summed E-state index contributed by atoms with van der Waals surface area (Å²) in [5.41, 5.74) is -0.916. The number of benzene rings is 1. The van der Waals surface area contributed by atoms with Crippen molar-refractivity contribution in [1.29, 1.82) is 0 Å². The SMILES string of the molecule is COc1ccc(F)cc1S(=O)(=O)N1CC(Oc2cc(C(F)(F)F)ccn2)C1. The third-order valence-corrected chi connectivity index (χ3v) is 5.76. The van der Waals surface area contributed by atoms with E-state index >= 15 is 0 Å². The topological polar surface area (TPSA) is 68.7 Å². The average molecular weight is 406 g/mol. The van der Waals surface area contributed by atoms with Crippen LogP contribution in [0.2, 0.25) is 0 Å². The summed E-state index contributed by atoms with van der Waals surface area (Å²) in [4.78, 5) is 3.37. The van der Waals surface area contributed by atoms with Crippen molar-refractivity contribution >= 4 is 10.0 Å². The molecule has 1 aliphatic heterocycles. The highest BCUT2D eigenvalue weighted by Gasteiger charge is 2.40. The van der Waals surface area contributed by atoms with Crippen LogP contribution in [0, 0.1) is 5.82 Å². The normalized spacial score (nSPS) is 16.0. The highest BCUT2D eigenvalue weighted by Crippen LogP contribution is 2.33. The number of halogens is 4. The molecular weight excluding hydrogens is 392 g/mol. The van der Waals surface area contributed by atoms with Crippen LogP contribution in [0.3, 0.4) is 0 Å².